The van der Waals surface area contributed by atoms with E-state index >= 15 is 0 Å². The molecule has 1 N–H and O–H groups in total. The lowest BCUT2D eigenvalue weighted by molar-refractivity contribution is -0.211. The summed E-state index contributed by atoms with van der Waals surface area (Å²) in [6, 6.07) is 1.97. The number of ether oxygens (including phenoxy) is 2. The Kier molecular flexibility index (Phi) is 4.49. The van der Waals surface area contributed by atoms with Crippen molar-refractivity contribution in [3.05, 3.63) is 0 Å². The maximum absolute atomic E-state index is 12.7. The van der Waals surface area contributed by atoms with Crippen LogP contribution in [0.15, 0.2) is 0 Å². The molecule has 0 aliphatic heterocycles. The summed E-state index contributed by atoms with van der Waals surface area (Å²) >= 11 is 0. The fourth-order valence-electron chi connectivity index (χ4n) is 4.21. The van der Waals surface area contributed by atoms with Gasteiger partial charge in [-0.15, -0.1) is 0 Å². The van der Waals surface area contributed by atoms with Crippen LogP contribution >= 0.6 is 0 Å². The third-order valence-corrected chi connectivity index (χ3v) is 5.53. The average molecular weight is 337 g/mol. The molecule has 2 bridgehead atoms. The number of hydrogen-bond donors (Lipinski definition) is 1. The van der Waals surface area contributed by atoms with E-state index in [0.717, 1.165) is 0 Å². The fourth-order valence-corrected chi connectivity index (χ4v) is 4.21. The molecular weight excluding hydrogens is 314 g/mol. The molecule has 3 aliphatic carbocycles. The Morgan fingerprint density at radius 3 is 2.12 bits per heavy atom. The molecule has 3 saturated carbocycles. The second-order valence-electron chi connectivity index (χ2n) is 6.96. The van der Waals surface area contributed by atoms with Crippen molar-refractivity contribution in [3.63, 3.8) is 0 Å². The number of Topliss-reactive ketones (excluding diaryl/α,β-unsaturated/α-hetero) is 1. The fraction of sp³-hybridized carbons (Fsp3) is 0.765. The molecule has 0 saturated heterocycles. The molecule has 0 radical (unpaired) electrons. The zero-order valence-electron chi connectivity index (χ0n) is 14.4. The maximum atomic E-state index is 12.7. The molecule has 3 fully saturated rings. The molecule has 132 valence electrons. The van der Waals surface area contributed by atoms with Gasteiger partial charge in [0, 0.05) is 11.8 Å². The Balaban J connectivity index is 2.65. The van der Waals surface area contributed by atoms with Crippen LogP contribution in [0.2, 0.25) is 0 Å². The third-order valence-electron chi connectivity index (χ3n) is 5.53. The van der Waals surface area contributed by atoms with E-state index < -0.39 is 46.0 Å². The summed E-state index contributed by atoms with van der Waals surface area (Å²) < 4.78 is 10.2. The first kappa shape index (κ1) is 18.4. The molecular formula is C17H23NO6. The average Bonchev–Trinajstić information content (AvgIpc) is 2.52. The van der Waals surface area contributed by atoms with Gasteiger partial charge >= 0.3 is 11.9 Å². The first-order valence-corrected chi connectivity index (χ1v) is 8.14. The Bertz CT molecular complexity index is 601. The van der Waals surface area contributed by atoms with Crippen LogP contribution in [0.1, 0.15) is 40.5 Å². The lowest BCUT2D eigenvalue weighted by atomic mass is 9.43. The monoisotopic (exact) mass is 337 g/mol. The third kappa shape index (κ3) is 2.24. The van der Waals surface area contributed by atoms with Gasteiger partial charge in [0.25, 0.3) is 0 Å². The number of carbonyl (C=O) groups is 3. The van der Waals surface area contributed by atoms with Gasteiger partial charge in [-0.25, -0.2) is 0 Å². The van der Waals surface area contributed by atoms with Gasteiger partial charge in [-0.05, 0) is 40.5 Å². The SMILES string of the molecule is CCOC(=O)C1(C(=O)OCC)C[C@@H]2C(=O)C(C)(C#N)[C@H]1C[C@@]2(C)O. The quantitative estimate of drug-likeness (QED) is 0.601. The van der Waals surface area contributed by atoms with Crippen molar-refractivity contribution in [3.8, 4) is 6.07 Å². The zero-order valence-corrected chi connectivity index (χ0v) is 14.4. The van der Waals surface area contributed by atoms with Crippen LogP contribution in [0, 0.1) is 34.0 Å². The van der Waals surface area contributed by atoms with E-state index in [0.29, 0.717) is 0 Å². The number of aliphatic hydroxyl groups is 1. The van der Waals surface area contributed by atoms with E-state index in [1.807, 2.05) is 6.07 Å². The van der Waals surface area contributed by atoms with Gasteiger partial charge in [0.1, 0.15) is 5.41 Å². The van der Waals surface area contributed by atoms with E-state index in [1.165, 1.54) is 13.8 Å². The second kappa shape index (κ2) is 5.85. The van der Waals surface area contributed by atoms with Crippen molar-refractivity contribution in [2.45, 2.75) is 46.1 Å². The molecule has 0 heterocycles. The summed E-state index contributed by atoms with van der Waals surface area (Å²) in [5, 5.41) is 20.2. The lowest BCUT2D eigenvalue weighted by Gasteiger charge is -2.58. The number of esters is 2. The van der Waals surface area contributed by atoms with E-state index in [9.17, 15) is 24.8 Å². The standard InChI is InChI=1S/C17H23NO6/c1-5-23-13(20)17(14(21)24-6-2)7-10-12(19)15(3,9-18)11(17)8-16(10,4)22/h10-11,22H,5-8H2,1-4H3/t10-,11-,15?,16-/m1/s1. The van der Waals surface area contributed by atoms with Gasteiger partial charge in [0.05, 0.1) is 24.9 Å². The number of nitrogens with zero attached hydrogens (tertiary/aromatic N) is 1. The minimum absolute atomic E-state index is 0.0227. The minimum Gasteiger partial charge on any atom is -0.465 e. The molecule has 0 aromatic carbocycles. The Morgan fingerprint density at radius 2 is 1.71 bits per heavy atom. The Morgan fingerprint density at radius 1 is 1.21 bits per heavy atom. The van der Waals surface area contributed by atoms with E-state index in [1.54, 1.807) is 13.8 Å². The predicted molar refractivity (Wildman–Crippen MR) is 81.3 cm³/mol. The second-order valence-corrected chi connectivity index (χ2v) is 6.96. The number of rotatable bonds is 4. The Hall–Kier alpha value is -1.94. The van der Waals surface area contributed by atoms with Crippen molar-refractivity contribution in [1.82, 2.24) is 0 Å². The smallest absolute Gasteiger partial charge is 0.323 e. The highest BCUT2D eigenvalue weighted by molar-refractivity contribution is 6.05. The van der Waals surface area contributed by atoms with Crippen LogP contribution in [-0.2, 0) is 23.9 Å². The van der Waals surface area contributed by atoms with Gasteiger partial charge in [-0.3, -0.25) is 14.4 Å². The van der Waals surface area contributed by atoms with Gasteiger partial charge in [-0.2, -0.15) is 5.26 Å². The highest BCUT2D eigenvalue weighted by Crippen LogP contribution is 2.62. The topological polar surface area (TPSA) is 114 Å². The minimum atomic E-state index is -1.74. The largest absolute Gasteiger partial charge is 0.465 e. The van der Waals surface area contributed by atoms with Crippen LogP contribution in [-0.4, -0.2) is 41.6 Å². The number of carbonyl (C=O) groups excluding carboxylic acids is 3. The van der Waals surface area contributed by atoms with Crippen LogP contribution in [0.25, 0.3) is 0 Å². The van der Waals surface area contributed by atoms with Gasteiger partial charge in [-0.1, -0.05) is 0 Å². The molecule has 4 atom stereocenters. The summed E-state index contributed by atoms with van der Waals surface area (Å²) in [4.78, 5) is 38.2. The maximum Gasteiger partial charge on any atom is 0.323 e. The molecule has 0 aromatic rings. The van der Waals surface area contributed by atoms with Gasteiger partial charge in [0.15, 0.2) is 11.2 Å². The van der Waals surface area contributed by atoms with Crippen molar-refractivity contribution in [2.24, 2.45) is 22.7 Å². The number of hydrogen-bond acceptors (Lipinski definition) is 7. The van der Waals surface area contributed by atoms with Crippen molar-refractivity contribution in [1.29, 1.82) is 5.26 Å². The highest BCUT2D eigenvalue weighted by atomic mass is 16.6. The first-order valence-electron chi connectivity index (χ1n) is 8.14. The van der Waals surface area contributed by atoms with Crippen molar-refractivity contribution < 1.29 is 29.0 Å². The highest BCUT2D eigenvalue weighted by Gasteiger charge is 2.74. The van der Waals surface area contributed by atoms with E-state index in [4.69, 9.17) is 9.47 Å². The molecule has 7 nitrogen and oxygen atoms in total. The van der Waals surface area contributed by atoms with Crippen LogP contribution < -0.4 is 0 Å². The molecule has 3 aliphatic rings. The van der Waals surface area contributed by atoms with Crippen LogP contribution in [0.4, 0.5) is 0 Å². The van der Waals surface area contributed by atoms with E-state index in [2.05, 4.69) is 0 Å². The summed E-state index contributed by atoms with van der Waals surface area (Å²) in [6.07, 6.45) is -0.219. The molecule has 24 heavy (non-hydrogen) atoms. The summed E-state index contributed by atoms with van der Waals surface area (Å²) in [6.45, 7) is 6.27. The van der Waals surface area contributed by atoms with Crippen molar-refractivity contribution >= 4 is 17.7 Å². The molecule has 0 spiro atoms. The van der Waals surface area contributed by atoms with E-state index in [-0.39, 0.29) is 26.1 Å². The number of nitriles is 1. The molecule has 7 heteroatoms. The summed E-state index contributed by atoms with van der Waals surface area (Å²) in [7, 11) is 0. The molecule has 0 aromatic heterocycles. The lowest BCUT2D eigenvalue weighted by Crippen LogP contribution is -2.70. The predicted octanol–water partition coefficient (Wildman–Crippen LogP) is 0.989. The zero-order chi connectivity index (χ0) is 18.3. The first-order chi connectivity index (χ1) is 11.1. The normalized spacial score (nSPS) is 36.8. The molecule has 0 amide bonds. The van der Waals surface area contributed by atoms with Crippen molar-refractivity contribution in [2.75, 3.05) is 13.2 Å². The van der Waals surface area contributed by atoms with Gasteiger partial charge in [0.2, 0.25) is 0 Å². The summed E-state index contributed by atoms with van der Waals surface area (Å²) in [5.41, 5.74) is -4.66. The number of fused-ring (bicyclic) bond motifs is 3. The van der Waals surface area contributed by atoms with Crippen LogP contribution in [0.3, 0.4) is 0 Å². The molecule has 3 rings (SSSR count). The number of ketones is 1. The summed E-state index contributed by atoms with van der Waals surface area (Å²) in [5.74, 6) is -4.01. The molecule has 1 unspecified atom stereocenters. The Labute approximate surface area is 140 Å². The van der Waals surface area contributed by atoms with Gasteiger partial charge < -0.3 is 14.6 Å². The van der Waals surface area contributed by atoms with Crippen LogP contribution in [0.5, 0.6) is 0 Å².